The summed E-state index contributed by atoms with van der Waals surface area (Å²) in [4.78, 5) is 36.4. The maximum Gasteiger partial charge on any atom is 0.251 e. The Bertz CT molecular complexity index is 897. The summed E-state index contributed by atoms with van der Waals surface area (Å²) in [6, 6.07) is 9.52. The number of anilines is 2. The van der Waals surface area contributed by atoms with Crippen LogP contribution in [-0.2, 0) is 9.59 Å². The summed E-state index contributed by atoms with van der Waals surface area (Å²) in [5, 5.41) is 7.72. The second kappa shape index (κ2) is 9.68. The van der Waals surface area contributed by atoms with Crippen molar-refractivity contribution in [1.82, 2.24) is 5.32 Å². The van der Waals surface area contributed by atoms with Crippen LogP contribution in [-0.4, -0.2) is 30.9 Å². The van der Waals surface area contributed by atoms with Crippen LogP contribution in [0.3, 0.4) is 0 Å². The van der Waals surface area contributed by atoms with Crippen molar-refractivity contribution in [2.24, 2.45) is 5.92 Å². The molecule has 0 saturated carbocycles. The highest BCUT2D eigenvalue weighted by molar-refractivity contribution is 6.01. The van der Waals surface area contributed by atoms with Crippen LogP contribution in [0.25, 0.3) is 0 Å². The fourth-order valence-corrected chi connectivity index (χ4v) is 2.61. The average molecular weight is 401 g/mol. The molecule has 2 rings (SSSR count). The average Bonchev–Trinajstić information content (AvgIpc) is 2.67. The monoisotopic (exact) mass is 401 g/mol. The highest BCUT2D eigenvalue weighted by Crippen LogP contribution is 2.20. The zero-order chi connectivity index (χ0) is 21.6. The first-order chi connectivity index (χ1) is 13.7. The van der Waals surface area contributed by atoms with Crippen LogP contribution in [0.2, 0.25) is 0 Å². The molecule has 2 aromatic rings. The summed E-state index contributed by atoms with van der Waals surface area (Å²) in [7, 11) is 1.53. The Kier molecular flexibility index (Phi) is 7.30. The van der Waals surface area contributed by atoms with Gasteiger partial charge in [0.25, 0.3) is 5.91 Å². The van der Waals surface area contributed by atoms with Crippen molar-refractivity contribution in [3.8, 4) is 5.75 Å². The number of ether oxygens (including phenoxy) is 1. The van der Waals surface area contributed by atoms with E-state index in [2.05, 4.69) is 16.0 Å². The molecule has 1 atom stereocenters. The van der Waals surface area contributed by atoms with Gasteiger partial charge in [-0.2, -0.15) is 0 Å². The first-order valence-electron chi connectivity index (χ1n) is 9.04. The van der Waals surface area contributed by atoms with Crippen molar-refractivity contribution in [3.63, 3.8) is 0 Å². The molecule has 7 nitrogen and oxygen atoms in total. The molecule has 0 radical (unpaired) electrons. The zero-order valence-electron chi connectivity index (χ0n) is 16.7. The number of hydrogen-bond acceptors (Lipinski definition) is 4. The maximum absolute atomic E-state index is 13.8. The molecule has 0 aliphatic heterocycles. The Morgan fingerprint density at radius 3 is 2.21 bits per heavy atom. The third-order valence-electron chi connectivity index (χ3n) is 4.13. The molecule has 2 aromatic carbocycles. The number of halogens is 1. The van der Waals surface area contributed by atoms with E-state index in [1.807, 2.05) is 0 Å². The molecule has 3 N–H and O–H groups in total. The Morgan fingerprint density at radius 1 is 1.00 bits per heavy atom. The summed E-state index contributed by atoms with van der Waals surface area (Å²) in [6.45, 7) is 4.85. The van der Waals surface area contributed by atoms with Gasteiger partial charge in [-0.15, -0.1) is 0 Å². The number of carbonyl (C=O) groups is 3. The molecule has 0 aromatic heterocycles. The minimum Gasteiger partial charge on any atom is -0.497 e. The van der Waals surface area contributed by atoms with Gasteiger partial charge in [-0.1, -0.05) is 13.8 Å². The van der Waals surface area contributed by atoms with Gasteiger partial charge in [0.2, 0.25) is 11.8 Å². The number of hydrogen-bond donors (Lipinski definition) is 3. The molecule has 0 aliphatic rings. The Labute approximate surface area is 168 Å². The Balaban J connectivity index is 2.12. The predicted octanol–water partition coefficient (Wildman–Crippen LogP) is 3.19. The van der Waals surface area contributed by atoms with E-state index >= 15 is 0 Å². The summed E-state index contributed by atoms with van der Waals surface area (Å²) >= 11 is 0. The van der Waals surface area contributed by atoms with Gasteiger partial charge < -0.3 is 20.7 Å². The molecule has 0 saturated heterocycles. The van der Waals surface area contributed by atoms with Gasteiger partial charge in [0.15, 0.2) is 0 Å². The topological polar surface area (TPSA) is 96.5 Å². The smallest absolute Gasteiger partial charge is 0.251 e. The van der Waals surface area contributed by atoms with Crippen molar-refractivity contribution < 1.29 is 23.5 Å². The Hall–Kier alpha value is -3.42. The molecular formula is C21H24FN3O4. The highest BCUT2D eigenvalue weighted by atomic mass is 19.1. The van der Waals surface area contributed by atoms with E-state index in [4.69, 9.17) is 4.74 Å². The lowest BCUT2D eigenvalue weighted by Crippen LogP contribution is -2.47. The lowest BCUT2D eigenvalue weighted by molar-refractivity contribution is -0.119. The second-order valence-electron chi connectivity index (χ2n) is 6.79. The van der Waals surface area contributed by atoms with Crippen molar-refractivity contribution in [2.75, 3.05) is 17.7 Å². The van der Waals surface area contributed by atoms with Crippen LogP contribution in [0.15, 0.2) is 42.5 Å². The van der Waals surface area contributed by atoms with E-state index < -0.39 is 29.6 Å². The standard InChI is InChI=1S/C21H24FN3O4/c1-12(2)19(25-20(27)14-5-8-16(29-4)9-6-14)21(28)24-15-7-10-17(22)18(11-15)23-13(3)26/h5-12,19H,1-4H3,(H,23,26)(H,24,28)(H,25,27). The highest BCUT2D eigenvalue weighted by Gasteiger charge is 2.25. The van der Waals surface area contributed by atoms with Crippen LogP contribution >= 0.6 is 0 Å². The molecule has 8 heteroatoms. The molecule has 3 amide bonds. The van der Waals surface area contributed by atoms with Crippen LogP contribution in [0.4, 0.5) is 15.8 Å². The van der Waals surface area contributed by atoms with Gasteiger partial charge in [-0.05, 0) is 48.4 Å². The van der Waals surface area contributed by atoms with Crippen molar-refractivity contribution >= 4 is 29.1 Å². The number of rotatable bonds is 7. The second-order valence-corrected chi connectivity index (χ2v) is 6.79. The van der Waals surface area contributed by atoms with Gasteiger partial charge >= 0.3 is 0 Å². The molecule has 29 heavy (non-hydrogen) atoms. The number of carbonyl (C=O) groups excluding carboxylic acids is 3. The summed E-state index contributed by atoms with van der Waals surface area (Å²) < 4.78 is 18.8. The molecule has 154 valence electrons. The first-order valence-corrected chi connectivity index (χ1v) is 9.04. The maximum atomic E-state index is 13.8. The summed E-state index contributed by atoms with van der Waals surface area (Å²) in [6.07, 6.45) is 0. The van der Waals surface area contributed by atoms with E-state index in [0.29, 0.717) is 17.0 Å². The van der Waals surface area contributed by atoms with E-state index in [1.165, 1.54) is 26.2 Å². The third kappa shape index (κ3) is 6.03. The van der Waals surface area contributed by atoms with Crippen molar-refractivity contribution in [3.05, 3.63) is 53.8 Å². The summed E-state index contributed by atoms with van der Waals surface area (Å²) in [5.41, 5.74) is 0.641. The zero-order valence-corrected chi connectivity index (χ0v) is 16.7. The van der Waals surface area contributed by atoms with E-state index in [1.54, 1.807) is 38.1 Å². The Morgan fingerprint density at radius 2 is 1.66 bits per heavy atom. The van der Waals surface area contributed by atoms with Crippen molar-refractivity contribution in [1.29, 1.82) is 0 Å². The molecule has 0 spiro atoms. The molecule has 0 bridgehead atoms. The lowest BCUT2D eigenvalue weighted by Gasteiger charge is -2.22. The van der Waals surface area contributed by atoms with Gasteiger partial charge in [-0.25, -0.2) is 4.39 Å². The van der Waals surface area contributed by atoms with Gasteiger partial charge in [0, 0.05) is 18.2 Å². The lowest BCUT2D eigenvalue weighted by atomic mass is 10.0. The minimum absolute atomic E-state index is 0.0429. The van der Waals surface area contributed by atoms with E-state index in [0.717, 1.165) is 6.07 Å². The van der Waals surface area contributed by atoms with Crippen LogP contribution in [0.1, 0.15) is 31.1 Å². The SMILES string of the molecule is COc1ccc(C(=O)NC(C(=O)Nc2ccc(F)c(NC(C)=O)c2)C(C)C)cc1. The van der Waals surface area contributed by atoms with Crippen LogP contribution in [0, 0.1) is 11.7 Å². The molecular weight excluding hydrogens is 377 g/mol. The van der Waals surface area contributed by atoms with Gasteiger partial charge in [0.1, 0.15) is 17.6 Å². The molecule has 0 aliphatic carbocycles. The fourth-order valence-electron chi connectivity index (χ4n) is 2.61. The first kappa shape index (κ1) is 21.9. The predicted molar refractivity (Wildman–Crippen MR) is 108 cm³/mol. The number of amides is 3. The van der Waals surface area contributed by atoms with Gasteiger partial charge in [-0.3, -0.25) is 14.4 Å². The number of benzene rings is 2. The largest absolute Gasteiger partial charge is 0.497 e. The fraction of sp³-hybridized carbons (Fsp3) is 0.286. The van der Waals surface area contributed by atoms with Crippen LogP contribution in [0.5, 0.6) is 5.75 Å². The van der Waals surface area contributed by atoms with Gasteiger partial charge in [0.05, 0.1) is 12.8 Å². The molecule has 0 fully saturated rings. The third-order valence-corrected chi connectivity index (χ3v) is 4.13. The minimum atomic E-state index is -0.820. The molecule has 1 unspecified atom stereocenters. The number of methoxy groups -OCH3 is 1. The quantitative estimate of drug-likeness (QED) is 0.664. The normalized spacial score (nSPS) is 11.5. The van der Waals surface area contributed by atoms with Crippen LogP contribution < -0.4 is 20.7 Å². The van der Waals surface area contributed by atoms with Crippen molar-refractivity contribution in [2.45, 2.75) is 26.8 Å². The van der Waals surface area contributed by atoms with E-state index in [9.17, 15) is 18.8 Å². The summed E-state index contributed by atoms with van der Waals surface area (Å²) in [5.74, 6) is -1.49. The number of nitrogens with one attached hydrogen (secondary N) is 3. The molecule has 0 heterocycles. The van der Waals surface area contributed by atoms with E-state index in [-0.39, 0.29) is 11.6 Å².